The summed E-state index contributed by atoms with van der Waals surface area (Å²) in [6.07, 6.45) is 0. The van der Waals surface area contributed by atoms with Crippen LogP contribution in [0.5, 0.6) is 0 Å². The van der Waals surface area contributed by atoms with Crippen molar-refractivity contribution in [3.8, 4) is 0 Å². The quantitative estimate of drug-likeness (QED) is 0.542. The van der Waals surface area contributed by atoms with Crippen LogP contribution in [0.25, 0.3) is 0 Å². The molecule has 3 nitrogen and oxygen atoms in total. The van der Waals surface area contributed by atoms with Crippen LogP contribution in [0.15, 0.2) is 0 Å². The van der Waals surface area contributed by atoms with Crippen molar-refractivity contribution in [3.63, 3.8) is 0 Å². The van der Waals surface area contributed by atoms with Gasteiger partial charge in [0, 0.05) is 0 Å². The molecule has 0 fully saturated rings. The van der Waals surface area contributed by atoms with E-state index in [2.05, 4.69) is 0 Å². The standard InChI is InChI=1S/C4H8O3S/c1-2-8-4(7)3(5)6/h4,7H,2H2,1H3,(H,5,6). The Morgan fingerprint density at radius 2 is 2.38 bits per heavy atom. The van der Waals surface area contributed by atoms with E-state index in [1.54, 1.807) is 6.92 Å². The zero-order chi connectivity index (χ0) is 6.57. The Morgan fingerprint density at radius 1 is 1.88 bits per heavy atom. The second-order valence-corrected chi connectivity index (χ2v) is 2.50. The second kappa shape index (κ2) is 3.74. The average Bonchev–Trinajstić information content (AvgIpc) is 1.67. The first-order valence-corrected chi connectivity index (χ1v) is 3.25. The zero-order valence-corrected chi connectivity index (χ0v) is 5.31. The molecule has 0 heterocycles. The number of carboxylic acids is 1. The number of hydrogen-bond acceptors (Lipinski definition) is 3. The molecule has 0 aliphatic heterocycles. The molecule has 2 N–H and O–H groups in total. The van der Waals surface area contributed by atoms with Crippen molar-refractivity contribution in [1.29, 1.82) is 0 Å². The third-order valence-electron chi connectivity index (χ3n) is 0.536. The Bertz CT molecular complexity index is 83.4. The Kier molecular flexibility index (Phi) is 3.64. The van der Waals surface area contributed by atoms with Gasteiger partial charge in [-0.25, -0.2) is 4.79 Å². The smallest absolute Gasteiger partial charge is 0.343 e. The lowest BCUT2D eigenvalue weighted by atomic mass is 10.7. The molecule has 0 spiro atoms. The monoisotopic (exact) mass is 136 g/mol. The highest BCUT2D eigenvalue weighted by atomic mass is 32.2. The molecule has 0 bridgehead atoms. The molecule has 0 aliphatic carbocycles. The first-order valence-electron chi connectivity index (χ1n) is 2.21. The lowest BCUT2D eigenvalue weighted by Crippen LogP contribution is -2.14. The fourth-order valence-electron chi connectivity index (χ4n) is 0.229. The number of hydrogen-bond donors (Lipinski definition) is 2. The number of rotatable bonds is 3. The van der Waals surface area contributed by atoms with Gasteiger partial charge < -0.3 is 10.2 Å². The maximum Gasteiger partial charge on any atom is 0.343 e. The molecule has 0 saturated carbocycles. The Labute approximate surface area is 51.7 Å². The molecular weight excluding hydrogens is 128 g/mol. The molecule has 0 amide bonds. The van der Waals surface area contributed by atoms with E-state index in [4.69, 9.17) is 10.2 Å². The van der Waals surface area contributed by atoms with Crippen molar-refractivity contribution < 1.29 is 15.0 Å². The third-order valence-corrected chi connectivity index (χ3v) is 1.39. The summed E-state index contributed by atoms with van der Waals surface area (Å²) in [7, 11) is 0. The van der Waals surface area contributed by atoms with Crippen LogP contribution in [0.3, 0.4) is 0 Å². The summed E-state index contributed by atoms with van der Waals surface area (Å²) in [6, 6.07) is 0. The van der Waals surface area contributed by atoms with E-state index in [9.17, 15) is 4.79 Å². The normalized spacial score (nSPS) is 13.2. The van der Waals surface area contributed by atoms with Crippen LogP contribution in [0.2, 0.25) is 0 Å². The van der Waals surface area contributed by atoms with E-state index in [-0.39, 0.29) is 0 Å². The van der Waals surface area contributed by atoms with Crippen molar-refractivity contribution in [3.05, 3.63) is 0 Å². The second-order valence-electron chi connectivity index (χ2n) is 1.15. The van der Waals surface area contributed by atoms with Gasteiger partial charge in [-0.1, -0.05) is 6.92 Å². The fourth-order valence-corrected chi connectivity index (χ4v) is 0.687. The van der Waals surface area contributed by atoms with Crippen LogP contribution in [-0.2, 0) is 4.79 Å². The molecule has 0 aromatic rings. The minimum atomic E-state index is -1.25. The van der Waals surface area contributed by atoms with Gasteiger partial charge in [0.05, 0.1) is 0 Å². The number of aliphatic hydroxyl groups excluding tert-OH is 1. The van der Waals surface area contributed by atoms with Gasteiger partial charge in [0.2, 0.25) is 0 Å². The van der Waals surface area contributed by atoms with Crippen LogP contribution < -0.4 is 0 Å². The maximum atomic E-state index is 9.82. The third kappa shape index (κ3) is 2.87. The summed E-state index contributed by atoms with van der Waals surface area (Å²) in [6.45, 7) is 1.79. The number of aliphatic carboxylic acids is 1. The van der Waals surface area contributed by atoms with Crippen molar-refractivity contribution >= 4 is 17.7 Å². The first kappa shape index (κ1) is 7.78. The van der Waals surface area contributed by atoms with Crippen molar-refractivity contribution in [2.24, 2.45) is 0 Å². The van der Waals surface area contributed by atoms with Gasteiger partial charge in [0.15, 0.2) is 5.44 Å². The van der Waals surface area contributed by atoms with Crippen LogP contribution >= 0.6 is 11.8 Å². The van der Waals surface area contributed by atoms with Gasteiger partial charge in [-0.2, -0.15) is 0 Å². The summed E-state index contributed by atoms with van der Waals surface area (Å²) in [5.74, 6) is -0.551. The zero-order valence-electron chi connectivity index (χ0n) is 4.50. The van der Waals surface area contributed by atoms with Gasteiger partial charge in [0.1, 0.15) is 0 Å². The minimum absolute atomic E-state index is 0.619. The summed E-state index contributed by atoms with van der Waals surface area (Å²) < 4.78 is 0. The molecule has 0 rings (SSSR count). The molecule has 0 saturated heterocycles. The largest absolute Gasteiger partial charge is 0.479 e. The van der Waals surface area contributed by atoms with E-state index >= 15 is 0 Å². The summed E-state index contributed by atoms with van der Waals surface area (Å²) in [5.41, 5.74) is -1.25. The van der Waals surface area contributed by atoms with Crippen LogP contribution in [-0.4, -0.2) is 27.4 Å². The number of carboxylic acid groups (broad SMARTS) is 1. The Morgan fingerprint density at radius 3 is 2.50 bits per heavy atom. The molecular formula is C4H8O3S. The van der Waals surface area contributed by atoms with E-state index in [0.29, 0.717) is 5.75 Å². The Hall–Kier alpha value is -0.220. The summed E-state index contributed by atoms with van der Waals surface area (Å²) in [4.78, 5) is 9.82. The van der Waals surface area contributed by atoms with E-state index in [1.165, 1.54) is 0 Å². The molecule has 4 heteroatoms. The number of aliphatic hydroxyl groups is 1. The summed E-state index contributed by atoms with van der Waals surface area (Å²) >= 11 is 0.995. The van der Waals surface area contributed by atoms with Crippen molar-refractivity contribution in [1.82, 2.24) is 0 Å². The minimum Gasteiger partial charge on any atom is -0.479 e. The van der Waals surface area contributed by atoms with Crippen LogP contribution in [0.4, 0.5) is 0 Å². The molecule has 1 unspecified atom stereocenters. The fraction of sp³-hybridized carbons (Fsp3) is 0.750. The van der Waals surface area contributed by atoms with E-state index < -0.39 is 11.4 Å². The number of carbonyl (C=O) groups is 1. The van der Waals surface area contributed by atoms with Gasteiger partial charge in [-0.05, 0) is 5.75 Å². The van der Waals surface area contributed by atoms with Gasteiger partial charge in [0.25, 0.3) is 0 Å². The van der Waals surface area contributed by atoms with Gasteiger partial charge >= 0.3 is 5.97 Å². The number of thioether (sulfide) groups is 1. The molecule has 0 aromatic carbocycles. The van der Waals surface area contributed by atoms with Gasteiger partial charge in [-0.3, -0.25) is 0 Å². The Balaban J connectivity index is 3.32. The molecule has 0 aromatic heterocycles. The highest BCUT2D eigenvalue weighted by Gasteiger charge is 2.10. The highest BCUT2D eigenvalue weighted by Crippen LogP contribution is 2.05. The lowest BCUT2D eigenvalue weighted by Gasteiger charge is -1.99. The average molecular weight is 136 g/mol. The van der Waals surface area contributed by atoms with Crippen molar-refractivity contribution in [2.75, 3.05) is 5.75 Å². The highest BCUT2D eigenvalue weighted by molar-refractivity contribution is 8.00. The van der Waals surface area contributed by atoms with Crippen LogP contribution in [0.1, 0.15) is 6.92 Å². The topological polar surface area (TPSA) is 57.5 Å². The molecule has 48 valence electrons. The van der Waals surface area contributed by atoms with Gasteiger partial charge in [-0.15, -0.1) is 11.8 Å². The SMILES string of the molecule is CCSC(O)C(=O)O. The van der Waals surface area contributed by atoms with Crippen molar-refractivity contribution in [2.45, 2.75) is 12.4 Å². The predicted octanol–water partition coefficient (Wildman–Crippen LogP) is 0.142. The van der Waals surface area contributed by atoms with E-state index in [1.807, 2.05) is 0 Å². The molecule has 0 radical (unpaired) electrons. The maximum absolute atomic E-state index is 9.82. The van der Waals surface area contributed by atoms with E-state index in [0.717, 1.165) is 11.8 Å². The molecule has 8 heavy (non-hydrogen) atoms. The molecule has 1 atom stereocenters. The lowest BCUT2D eigenvalue weighted by molar-refractivity contribution is -0.141. The first-order chi connectivity index (χ1) is 3.68. The molecule has 0 aliphatic rings. The van der Waals surface area contributed by atoms with Crippen LogP contribution in [0, 0.1) is 0 Å². The summed E-state index contributed by atoms with van der Waals surface area (Å²) in [5, 5.41) is 16.5. The predicted molar refractivity (Wildman–Crippen MR) is 31.8 cm³/mol.